The van der Waals surface area contributed by atoms with Gasteiger partial charge in [-0.1, -0.05) is 18.2 Å². The van der Waals surface area contributed by atoms with Gasteiger partial charge in [-0.2, -0.15) is 4.98 Å². The molecule has 4 aromatic rings. The van der Waals surface area contributed by atoms with E-state index >= 15 is 0 Å². The van der Waals surface area contributed by atoms with Crippen molar-refractivity contribution >= 4 is 44.1 Å². The first kappa shape index (κ1) is 25.8. The molecule has 0 radical (unpaired) electrons. The molecular formula is C27H33N7O3S. The Morgan fingerprint density at radius 3 is 2.58 bits per heavy atom. The van der Waals surface area contributed by atoms with Crippen molar-refractivity contribution in [2.24, 2.45) is 0 Å². The van der Waals surface area contributed by atoms with E-state index in [0.717, 1.165) is 59.9 Å². The lowest BCUT2D eigenvalue weighted by atomic mass is 10.2. The molecule has 11 heteroatoms. The van der Waals surface area contributed by atoms with Crippen LogP contribution in [-0.2, 0) is 16.6 Å². The van der Waals surface area contributed by atoms with Gasteiger partial charge in [-0.15, -0.1) is 0 Å². The lowest BCUT2D eigenvalue weighted by Crippen LogP contribution is -2.44. The van der Waals surface area contributed by atoms with Crippen LogP contribution in [0.1, 0.15) is 5.56 Å². The lowest BCUT2D eigenvalue weighted by Gasteiger charge is -2.34. The Hall–Kier alpha value is -3.83. The van der Waals surface area contributed by atoms with E-state index in [1.165, 1.54) is 10.6 Å². The molecule has 1 N–H and O–H groups in total. The summed E-state index contributed by atoms with van der Waals surface area (Å²) in [7, 11) is 2.01. The molecule has 0 bridgehead atoms. The fourth-order valence-corrected chi connectivity index (χ4v) is 5.20. The molecule has 0 aliphatic carbocycles. The van der Waals surface area contributed by atoms with Crippen LogP contribution in [0.25, 0.3) is 11.0 Å². The Kier molecular flexibility index (Phi) is 7.13. The number of methoxy groups -OCH3 is 1. The van der Waals surface area contributed by atoms with E-state index in [2.05, 4.69) is 33.2 Å². The highest BCUT2D eigenvalue weighted by atomic mass is 32.2. The van der Waals surface area contributed by atoms with Crippen molar-refractivity contribution < 1.29 is 13.2 Å². The first-order valence-electron chi connectivity index (χ1n) is 12.4. The quantitative estimate of drug-likeness (QED) is 0.367. The van der Waals surface area contributed by atoms with Gasteiger partial charge >= 0.3 is 0 Å². The molecular weight excluding hydrogens is 502 g/mol. The maximum absolute atomic E-state index is 12.2. The van der Waals surface area contributed by atoms with Crippen LogP contribution in [0.2, 0.25) is 0 Å². The average molecular weight is 536 g/mol. The predicted octanol–water partition coefficient (Wildman–Crippen LogP) is 3.38. The number of para-hydroxylation sites is 1. The highest BCUT2D eigenvalue weighted by Gasteiger charge is 2.19. The van der Waals surface area contributed by atoms with E-state index in [9.17, 15) is 8.42 Å². The number of rotatable bonds is 8. The van der Waals surface area contributed by atoms with Gasteiger partial charge < -0.3 is 24.4 Å². The van der Waals surface area contributed by atoms with E-state index in [1.54, 1.807) is 20.4 Å². The van der Waals surface area contributed by atoms with E-state index in [-0.39, 0.29) is 0 Å². The molecule has 1 aliphatic heterocycles. The fraction of sp³-hybridized carbons (Fsp3) is 0.333. The van der Waals surface area contributed by atoms with Gasteiger partial charge in [0.05, 0.1) is 31.3 Å². The van der Waals surface area contributed by atoms with Crippen LogP contribution in [0.4, 0.5) is 23.0 Å². The Morgan fingerprint density at radius 2 is 1.84 bits per heavy atom. The zero-order valence-electron chi connectivity index (χ0n) is 22.1. The van der Waals surface area contributed by atoms with E-state index in [0.29, 0.717) is 18.2 Å². The molecule has 3 heterocycles. The SMILES string of the molecule is COc1cc(Nc2ncc3ccn(Cc4ccccc4N(C)S(C)(=O)=O)c3n2)ccc1N1CCN(C)CC1. The Bertz CT molecular complexity index is 1550. The van der Waals surface area contributed by atoms with Crippen LogP contribution in [0.3, 0.4) is 0 Å². The van der Waals surface area contributed by atoms with Crippen molar-refractivity contribution in [2.45, 2.75) is 6.54 Å². The summed E-state index contributed by atoms with van der Waals surface area (Å²) < 4.78 is 33.3. The van der Waals surface area contributed by atoms with Gasteiger partial charge in [-0.25, -0.2) is 13.4 Å². The molecule has 1 fully saturated rings. The smallest absolute Gasteiger partial charge is 0.232 e. The monoisotopic (exact) mass is 535 g/mol. The van der Waals surface area contributed by atoms with Crippen molar-refractivity contribution in [1.82, 2.24) is 19.4 Å². The lowest BCUT2D eigenvalue weighted by molar-refractivity contribution is 0.311. The van der Waals surface area contributed by atoms with Crippen molar-refractivity contribution in [3.8, 4) is 5.75 Å². The molecule has 5 rings (SSSR count). The molecule has 0 spiro atoms. The van der Waals surface area contributed by atoms with Crippen LogP contribution in [0.15, 0.2) is 60.9 Å². The Morgan fingerprint density at radius 1 is 1.08 bits per heavy atom. The normalized spacial score (nSPS) is 14.6. The highest BCUT2D eigenvalue weighted by Crippen LogP contribution is 2.33. The van der Waals surface area contributed by atoms with Gasteiger partial charge in [-0.05, 0) is 36.9 Å². The second kappa shape index (κ2) is 10.5. The molecule has 2 aromatic carbocycles. The summed E-state index contributed by atoms with van der Waals surface area (Å²) in [5.41, 5.74) is 4.17. The second-order valence-corrected chi connectivity index (χ2v) is 11.6. The number of sulfonamides is 1. The van der Waals surface area contributed by atoms with E-state index in [4.69, 9.17) is 9.72 Å². The van der Waals surface area contributed by atoms with Crippen LogP contribution in [0, 0.1) is 0 Å². The molecule has 0 atom stereocenters. The number of likely N-dealkylation sites (N-methyl/N-ethyl adjacent to an activating group) is 1. The number of nitrogens with zero attached hydrogens (tertiary/aromatic N) is 6. The molecule has 1 aliphatic rings. The van der Waals surface area contributed by atoms with Crippen molar-refractivity contribution in [3.63, 3.8) is 0 Å². The second-order valence-electron chi connectivity index (χ2n) is 9.58. The third-order valence-electron chi connectivity index (χ3n) is 6.95. The van der Waals surface area contributed by atoms with Crippen molar-refractivity contribution in [3.05, 3.63) is 66.5 Å². The number of benzene rings is 2. The number of ether oxygens (including phenoxy) is 1. The van der Waals surface area contributed by atoms with E-state index < -0.39 is 10.0 Å². The maximum atomic E-state index is 12.2. The number of hydrogen-bond donors (Lipinski definition) is 1. The highest BCUT2D eigenvalue weighted by molar-refractivity contribution is 7.92. The van der Waals surface area contributed by atoms with Crippen molar-refractivity contribution in [2.75, 3.05) is 68.2 Å². The van der Waals surface area contributed by atoms with Gasteiger partial charge in [0.2, 0.25) is 16.0 Å². The third kappa shape index (κ3) is 5.39. The van der Waals surface area contributed by atoms with Gasteiger partial charge in [0, 0.05) is 62.8 Å². The molecule has 0 saturated carbocycles. The maximum Gasteiger partial charge on any atom is 0.232 e. The first-order valence-corrected chi connectivity index (χ1v) is 14.3. The molecule has 0 unspecified atom stereocenters. The summed E-state index contributed by atoms with van der Waals surface area (Å²) in [5.74, 6) is 1.27. The number of nitrogens with one attached hydrogen (secondary N) is 1. The van der Waals surface area contributed by atoms with Gasteiger partial charge in [0.15, 0.2) is 0 Å². The number of aromatic nitrogens is 3. The summed E-state index contributed by atoms with van der Waals surface area (Å²) in [5, 5.41) is 4.20. The van der Waals surface area contributed by atoms with Crippen molar-refractivity contribution in [1.29, 1.82) is 0 Å². The fourth-order valence-electron chi connectivity index (χ4n) is 4.67. The first-order chi connectivity index (χ1) is 18.2. The molecule has 0 amide bonds. The number of anilines is 4. The Balaban J connectivity index is 1.39. The van der Waals surface area contributed by atoms with Gasteiger partial charge in [-0.3, -0.25) is 4.31 Å². The summed E-state index contributed by atoms with van der Waals surface area (Å²) in [6.07, 6.45) is 4.92. The summed E-state index contributed by atoms with van der Waals surface area (Å²) >= 11 is 0. The summed E-state index contributed by atoms with van der Waals surface area (Å²) in [6, 6.07) is 15.5. The minimum Gasteiger partial charge on any atom is -0.495 e. The van der Waals surface area contributed by atoms with Gasteiger partial charge in [0.1, 0.15) is 11.4 Å². The van der Waals surface area contributed by atoms with Crippen LogP contribution in [0.5, 0.6) is 5.75 Å². The summed E-state index contributed by atoms with van der Waals surface area (Å²) in [6.45, 7) is 4.42. The van der Waals surface area contributed by atoms with E-state index in [1.807, 2.05) is 53.2 Å². The minimum absolute atomic E-state index is 0.462. The molecule has 38 heavy (non-hydrogen) atoms. The standard InChI is InChI=1S/C27H33N7O3S/c1-31-13-15-33(16-14-31)24-10-9-22(17-25(24)37-3)29-27-28-18-20-11-12-34(26(20)30-27)19-21-7-5-6-8-23(21)32(2)38(4,35)36/h5-12,17-18H,13-16,19H2,1-4H3,(H,28,29,30). The molecule has 2 aromatic heterocycles. The minimum atomic E-state index is -3.39. The topological polar surface area (TPSA) is 95.8 Å². The third-order valence-corrected chi connectivity index (χ3v) is 8.14. The Labute approximate surface area is 223 Å². The molecule has 200 valence electrons. The van der Waals surface area contributed by atoms with Gasteiger partial charge in [0.25, 0.3) is 0 Å². The van der Waals surface area contributed by atoms with Crippen LogP contribution >= 0.6 is 0 Å². The zero-order valence-corrected chi connectivity index (χ0v) is 22.9. The van der Waals surface area contributed by atoms with Crippen LogP contribution < -0.4 is 19.3 Å². The summed E-state index contributed by atoms with van der Waals surface area (Å²) in [4.78, 5) is 13.9. The number of hydrogen-bond acceptors (Lipinski definition) is 8. The van der Waals surface area contributed by atoms with Crippen LogP contribution in [-0.4, -0.2) is 81.5 Å². The largest absolute Gasteiger partial charge is 0.495 e. The molecule has 10 nitrogen and oxygen atoms in total. The molecule has 1 saturated heterocycles. The average Bonchev–Trinajstić information content (AvgIpc) is 3.30. The predicted molar refractivity (Wildman–Crippen MR) is 152 cm³/mol. The number of fused-ring (bicyclic) bond motifs is 1. The number of piperazine rings is 1. The zero-order chi connectivity index (χ0) is 26.9.